The van der Waals surface area contributed by atoms with E-state index in [2.05, 4.69) is 4.98 Å². The van der Waals surface area contributed by atoms with Crippen molar-refractivity contribution in [3.8, 4) is 17.6 Å². The van der Waals surface area contributed by atoms with E-state index >= 15 is 0 Å². The van der Waals surface area contributed by atoms with E-state index < -0.39 is 46.8 Å². The van der Waals surface area contributed by atoms with Gasteiger partial charge in [0, 0.05) is 11.1 Å². The zero-order valence-electron chi connectivity index (χ0n) is 13.2. The van der Waals surface area contributed by atoms with Crippen LogP contribution in [0.3, 0.4) is 0 Å². The molecule has 0 atom stereocenters. The number of benzene rings is 1. The van der Waals surface area contributed by atoms with Crippen LogP contribution in [0.25, 0.3) is 0 Å². The lowest BCUT2D eigenvalue weighted by Gasteiger charge is -2.21. The van der Waals surface area contributed by atoms with Crippen molar-refractivity contribution in [3.63, 3.8) is 0 Å². The number of nitrogens with one attached hydrogen (secondary N) is 1. The Labute approximate surface area is 146 Å². The minimum Gasteiger partial charge on any atom is -0.449 e. The second-order valence-electron chi connectivity index (χ2n) is 5.19. The quantitative estimate of drug-likeness (QED) is 0.782. The van der Waals surface area contributed by atoms with Gasteiger partial charge in [-0.15, -0.1) is 0 Å². The first kappa shape index (κ1) is 20.2. The Kier molecular flexibility index (Phi) is 5.17. The van der Waals surface area contributed by atoms with E-state index in [1.165, 1.54) is 6.92 Å². The topological polar surface area (TPSA) is 78.8 Å². The number of nitriles is 1. The molecule has 12 heteroatoms. The Morgan fingerprint density at radius 3 is 2.37 bits per heavy atom. The van der Waals surface area contributed by atoms with Gasteiger partial charge in [0.2, 0.25) is 5.75 Å². The number of aromatic amines is 1. The van der Waals surface area contributed by atoms with Gasteiger partial charge in [0.05, 0.1) is 18.0 Å². The van der Waals surface area contributed by atoms with Gasteiger partial charge < -0.3 is 9.72 Å². The van der Waals surface area contributed by atoms with Gasteiger partial charge in [-0.25, -0.2) is 13.8 Å². The lowest BCUT2D eigenvalue weighted by atomic mass is 10.0. The van der Waals surface area contributed by atoms with E-state index in [-0.39, 0.29) is 11.1 Å². The third-order valence-electron chi connectivity index (χ3n) is 3.43. The van der Waals surface area contributed by atoms with Gasteiger partial charge in [0.1, 0.15) is 5.75 Å². The maximum absolute atomic E-state index is 13.7. The predicted octanol–water partition coefficient (Wildman–Crippen LogP) is 4.33. The van der Waals surface area contributed by atoms with Crippen molar-refractivity contribution in [1.29, 1.82) is 5.26 Å². The summed E-state index contributed by atoms with van der Waals surface area (Å²) >= 11 is 0. The average molecular weight is 395 g/mol. The van der Waals surface area contributed by atoms with E-state index in [0.29, 0.717) is 12.4 Å². The first-order valence-corrected chi connectivity index (χ1v) is 6.93. The molecule has 0 saturated heterocycles. The van der Waals surface area contributed by atoms with Crippen molar-refractivity contribution in [2.75, 3.05) is 0 Å². The summed E-state index contributed by atoms with van der Waals surface area (Å²) in [4.78, 5) is 16.4. The van der Waals surface area contributed by atoms with Gasteiger partial charge in [0.25, 0.3) is 12.0 Å². The molecular weight excluding hydrogens is 387 g/mol. The van der Waals surface area contributed by atoms with Crippen LogP contribution in [0.1, 0.15) is 28.8 Å². The molecule has 0 spiro atoms. The van der Waals surface area contributed by atoms with Crippen molar-refractivity contribution < 1.29 is 35.5 Å². The summed E-state index contributed by atoms with van der Waals surface area (Å²) < 4.78 is 95.9. The molecule has 5 nitrogen and oxygen atoms in total. The van der Waals surface area contributed by atoms with E-state index in [4.69, 9.17) is 10.00 Å². The summed E-state index contributed by atoms with van der Waals surface area (Å²) in [7, 11) is 0. The van der Waals surface area contributed by atoms with Crippen LogP contribution in [0.4, 0.5) is 30.7 Å². The highest BCUT2D eigenvalue weighted by molar-refractivity contribution is 5.51. The number of H-pyrrole nitrogens is 1. The van der Waals surface area contributed by atoms with Gasteiger partial charge in [-0.05, 0) is 19.1 Å². The molecule has 1 aromatic carbocycles. The zero-order chi connectivity index (χ0) is 20.6. The maximum atomic E-state index is 13.7. The molecule has 0 amide bonds. The van der Waals surface area contributed by atoms with Crippen molar-refractivity contribution >= 4 is 0 Å². The fourth-order valence-electron chi connectivity index (χ4n) is 2.01. The lowest BCUT2D eigenvalue weighted by molar-refractivity contribution is -0.291. The number of halogens is 7. The van der Waals surface area contributed by atoms with Gasteiger partial charge in [0.15, 0.2) is 5.69 Å². The Hall–Kier alpha value is -3.10. The van der Waals surface area contributed by atoms with Crippen LogP contribution < -0.4 is 10.3 Å². The van der Waals surface area contributed by atoms with Crippen molar-refractivity contribution in [3.05, 3.63) is 51.2 Å². The third kappa shape index (κ3) is 3.71. The number of ether oxygens (including phenoxy) is 1. The summed E-state index contributed by atoms with van der Waals surface area (Å²) in [6.45, 7) is 1.18. The normalized spacial score (nSPS) is 12.1. The monoisotopic (exact) mass is 395 g/mol. The van der Waals surface area contributed by atoms with Crippen LogP contribution in [0.15, 0.2) is 23.3 Å². The minimum atomic E-state index is -6.09. The minimum absolute atomic E-state index is 0.147. The highest BCUT2D eigenvalue weighted by Crippen LogP contribution is 2.46. The number of hydrogen-bond acceptors (Lipinski definition) is 4. The summed E-state index contributed by atoms with van der Waals surface area (Å²) in [6.07, 6.45) is -8.87. The Balaban J connectivity index is 2.69. The second-order valence-corrected chi connectivity index (χ2v) is 5.19. The number of alkyl halides is 7. The molecule has 0 unspecified atom stereocenters. The molecule has 0 aliphatic heterocycles. The van der Waals surface area contributed by atoms with E-state index in [1.54, 1.807) is 11.1 Å². The fraction of sp³-hybridized carbons (Fsp3) is 0.267. The SMILES string of the molecule is Cc1c(C#N)cc(C(F)F)cc1Oc1c(C(F)(F)C(F)(F)F)nc[nH]c1=O. The summed E-state index contributed by atoms with van der Waals surface area (Å²) in [5.41, 5.74) is -4.78. The zero-order valence-corrected chi connectivity index (χ0v) is 13.2. The maximum Gasteiger partial charge on any atom is 0.459 e. The average Bonchev–Trinajstić information content (AvgIpc) is 2.56. The lowest BCUT2D eigenvalue weighted by Crippen LogP contribution is -2.36. The molecular formula is C15H8F7N3O2. The number of nitrogens with zero attached hydrogens (tertiary/aromatic N) is 2. The first-order chi connectivity index (χ1) is 12.4. The summed E-state index contributed by atoms with van der Waals surface area (Å²) in [6, 6.07) is 2.98. The fourth-order valence-corrected chi connectivity index (χ4v) is 2.01. The van der Waals surface area contributed by atoms with Crippen LogP contribution in [-0.4, -0.2) is 16.1 Å². The van der Waals surface area contributed by atoms with Crippen molar-refractivity contribution in [2.45, 2.75) is 25.4 Å². The summed E-state index contributed by atoms with van der Waals surface area (Å²) in [5, 5.41) is 8.96. The molecule has 144 valence electrons. The first-order valence-electron chi connectivity index (χ1n) is 6.93. The van der Waals surface area contributed by atoms with E-state index in [9.17, 15) is 35.5 Å². The highest BCUT2D eigenvalue weighted by Gasteiger charge is 2.61. The molecule has 2 aromatic rings. The second kappa shape index (κ2) is 6.90. The molecule has 0 aliphatic rings. The van der Waals surface area contributed by atoms with Gasteiger partial charge in [-0.1, -0.05) is 0 Å². The molecule has 0 radical (unpaired) electrons. The highest BCUT2D eigenvalue weighted by atomic mass is 19.4. The van der Waals surface area contributed by atoms with Crippen molar-refractivity contribution in [2.24, 2.45) is 0 Å². The van der Waals surface area contributed by atoms with Crippen LogP contribution in [-0.2, 0) is 5.92 Å². The standard InChI is InChI=1S/C15H8F7N3O2/c1-6-8(4-23)2-7(12(16)17)3-9(6)27-10-11(24-5-25-13(10)26)14(18,19)15(20,21)22/h2-3,5,12H,1H3,(H,24,25,26). The van der Waals surface area contributed by atoms with Crippen LogP contribution in [0, 0.1) is 18.3 Å². The number of hydrogen-bond donors (Lipinski definition) is 1. The number of aromatic nitrogens is 2. The smallest absolute Gasteiger partial charge is 0.449 e. The Bertz CT molecular complexity index is 961. The number of rotatable bonds is 4. The van der Waals surface area contributed by atoms with Crippen LogP contribution >= 0.6 is 0 Å². The van der Waals surface area contributed by atoms with E-state index in [1.807, 2.05) is 0 Å². The molecule has 2 rings (SSSR count). The Morgan fingerprint density at radius 1 is 1.22 bits per heavy atom. The van der Waals surface area contributed by atoms with Crippen molar-refractivity contribution in [1.82, 2.24) is 9.97 Å². The largest absolute Gasteiger partial charge is 0.459 e. The molecule has 1 N–H and O–H groups in total. The molecule has 0 saturated carbocycles. The van der Waals surface area contributed by atoms with Crippen LogP contribution in [0.2, 0.25) is 0 Å². The molecule has 27 heavy (non-hydrogen) atoms. The van der Waals surface area contributed by atoms with Gasteiger partial charge in [-0.2, -0.15) is 27.2 Å². The third-order valence-corrected chi connectivity index (χ3v) is 3.43. The van der Waals surface area contributed by atoms with E-state index in [0.717, 1.165) is 6.07 Å². The molecule has 0 aliphatic carbocycles. The molecule has 0 fully saturated rings. The predicted molar refractivity (Wildman–Crippen MR) is 75.7 cm³/mol. The van der Waals surface area contributed by atoms with Crippen LogP contribution in [0.5, 0.6) is 11.5 Å². The molecule has 0 bridgehead atoms. The molecule has 1 heterocycles. The van der Waals surface area contributed by atoms with Gasteiger partial charge >= 0.3 is 12.1 Å². The molecule has 1 aromatic heterocycles. The summed E-state index contributed by atoms with van der Waals surface area (Å²) in [5.74, 6) is -7.75. The Morgan fingerprint density at radius 2 is 1.85 bits per heavy atom. The van der Waals surface area contributed by atoms with Gasteiger partial charge in [-0.3, -0.25) is 4.79 Å².